The number of carbonyl (C=O) groups excluding carboxylic acids is 3. The van der Waals surface area contributed by atoms with E-state index < -0.39 is 6.04 Å². The molecular weight excluding hydrogens is 366 g/mol. The lowest BCUT2D eigenvalue weighted by atomic mass is 10.2. The van der Waals surface area contributed by atoms with Crippen molar-refractivity contribution in [2.45, 2.75) is 19.4 Å². The van der Waals surface area contributed by atoms with Crippen molar-refractivity contribution in [1.82, 2.24) is 9.80 Å². The Labute approximate surface area is 163 Å². The third-order valence-electron chi connectivity index (χ3n) is 5.03. The number of imide groups is 1. The fourth-order valence-corrected chi connectivity index (χ4v) is 3.56. The molecule has 3 rings (SSSR count). The van der Waals surface area contributed by atoms with Crippen LogP contribution in [0.4, 0.5) is 10.5 Å². The molecule has 0 bridgehead atoms. The zero-order valence-corrected chi connectivity index (χ0v) is 16.3. The second-order valence-electron chi connectivity index (χ2n) is 6.55. The molecule has 0 aliphatic carbocycles. The monoisotopic (exact) mass is 391 g/mol. The molecule has 2 fully saturated rings. The highest BCUT2D eigenvalue weighted by Crippen LogP contribution is 2.36. The summed E-state index contributed by atoms with van der Waals surface area (Å²) in [5, 5.41) is 0. The first-order valence-corrected chi connectivity index (χ1v) is 9.24. The Kier molecular flexibility index (Phi) is 6.03. The third-order valence-corrected chi connectivity index (χ3v) is 5.03. The smallest absolute Gasteiger partial charge is 0.409 e. The van der Waals surface area contributed by atoms with Crippen LogP contribution in [-0.4, -0.2) is 80.8 Å². The number of methoxy groups -OCH3 is 2. The van der Waals surface area contributed by atoms with Gasteiger partial charge in [-0.25, -0.2) is 9.69 Å². The first kappa shape index (κ1) is 19.9. The van der Waals surface area contributed by atoms with Crippen molar-refractivity contribution in [2.24, 2.45) is 0 Å². The summed E-state index contributed by atoms with van der Waals surface area (Å²) in [5.74, 6) is 0.383. The molecule has 2 saturated heterocycles. The third kappa shape index (κ3) is 3.75. The van der Waals surface area contributed by atoms with Gasteiger partial charge in [-0.2, -0.15) is 0 Å². The first-order valence-electron chi connectivity index (χ1n) is 9.24. The van der Waals surface area contributed by atoms with Crippen LogP contribution in [0.25, 0.3) is 0 Å². The molecule has 0 radical (unpaired) electrons. The van der Waals surface area contributed by atoms with Crippen molar-refractivity contribution >= 4 is 23.6 Å². The molecule has 9 heteroatoms. The van der Waals surface area contributed by atoms with Crippen LogP contribution in [0.15, 0.2) is 18.2 Å². The van der Waals surface area contributed by atoms with Crippen molar-refractivity contribution in [2.75, 3.05) is 51.9 Å². The number of carbonyl (C=O) groups is 3. The maximum Gasteiger partial charge on any atom is 0.409 e. The van der Waals surface area contributed by atoms with Crippen LogP contribution in [0.3, 0.4) is 0 Å². The largest absolute Gasteiger partial charge is 0.497 e. The lowest BCUT2D eigenvalue weighted by Crippen LogP contribution is -2.54. The number of nitrogens with zero attached hydrogens (tertiary/aromatic N) is 3. The van der Waals surface area contributed by atoms with Crippen LogP contribution in [0.2, 0.25) is 0 Å². The van der Waals surface area contributed by atoms with E-state index in [4.69, 9.17) is 14.2 Å². The molecule has 0 unspecified atom stereocenters. The predicted octanol–water partition coefficient (Wildman–Crippen LogP) is 1.11. The van der Waals surface area contributed by atoms with Gasteiger partial charge in [0.15, 0.2) is 0 Å². The van der Waals surface area contributed by atoms with Gasteiger partial charge in [0.25, 0.3) is 5.91 Å². The Morgan fingerprint density at radius 2 is 1.82 bits per heavy atom. The van der Waals surface area contributed by atoms with Gasteiger partial charge in [-0.3, -0.25) is 14.5 Å². The van der Waals surface area contributed by atoms with Gasteiger partial charge in [0.05, 0.1) is 39.0 Å². The molecule has 0 spiro atoms. The molecule has 0 aromatic heterocycles. The highest BCUT2D eigenvalue weighted by molar-refractivity contribution is 6.23. The Hall–Kier alpha value is -2.81. The second-order valence-corrected chi connectivity index (χ2v) is 6.55. The molecule has 1 aromatic rings. The van der Waals surface area contributed by atoms with E-state index in [2.05, 4.69) is 0 Å². The van der Waals surface area contributed by atoms with Gasteiger partial charge in [-0.1, -0.05) is 0 Å². The van der Waals surface area contributed by atoms with Crippen LogP contribution in [0.1, 0.15) is 13.3 Å². The minimum absolute atomic E-state index is 0.0958. The van der Waals surface area contributed by atoms with Gasteiger partial charge in [0, 0.05) is 32.2 Å². The van der Waals surface area contributed by atoms with Gasteiger partial charge in [0.2, 0.25) is 5.91 Å². The van der Waals surface area contributed by atoms with E-state index in [1.54, 1.807) is 30.0 Å². The maximum absolute atomic E-state index is 13.1. The quantitative estimate of drug-likeness (QED) is 0.695. The second kappa shape index (κ2) is 8.47. The van der Waals surface area contributed by atoms with Gasteiger partial charge in [-0.05, 0) is 19.1 Å². The molecule has 2 aliphatic rings. The fraction of sp³-hybridized carbons (Fsp3) is 0.526. The fourth-order valence-electron chi connectivity index (χ4n) is 3.56. The molecule has 2 aliphatic heterocycles. The normalized spacial score (nSPS) is 20.5. The zero-order valence-electron chi connectivity index (χ0n) is 16.3. The number of hydrogen-bond acceptors (Lipinski definition) is 7. The number of piperazine rings is 1. The average Bonchev–Trinajstić information content (AvgIpc) is 3.01. The lowest BCUT2D eigenvalue weighted by Gasteiger charge is -2.36. The number of ether oxygens (including phenoxy) is 3. The van der Waals surface area contributed by atoms with E-state index in [-0.39, 0.29) is 24.3 Å². The van der Waals surface area contributed by atoms with Gasteiger partial charge >= 0.3 is 6.09 Å². The summed E-state index contributed by atoms with van der Waals surface area (Å²) in [5.41, 5.74) is 0.379. The van der Waals surface area contributed by atoms with Crippen molar-refractivity contribution in [3.8, 4) is 11.5 Å². The van der Waals surface area contributed by atoms with E-state index in [1.807, 2.05) is 4.90 Å². The number of amides is 3. The Morgan fingerprint density at radius 1 is 1.11 bits per heavy atom. The number of anilines is 1. The molecule has 0 N–H and O–H groups in total. The van der Waals surface area contributed by atoms with Gasteiger partial charge in [0.1, 0.15) is 11.5 Å². The minimum atomic E-state index is -0.548. The Balaban J connectivity index is 1.74. The summed E-state index contributed by atoms with van der Waals surface area (Å²) in [7, 11) is 3.01. The molecule has 1 atom stereocenters. The van der Waals surface area contributed by atoms with Gasteiger partial charge in [-0.15, -0.1) is 0 Å². The van der Waals surface area contributed by atoms with Crippen molar-refractivity contribution in [3.63, 3.8) is 0 Å². The summed E-state index contributed by atoms with van der Waals surface area (Å²) >= 11 is 0. The standard InChI is InChI=1S/C19H25N3O6/c1-4-28-19(25)21-9-7-20(8-10-21)15-12-17(23)22(18(15)24)14-11-13(26-2)5-6-16(14)27-3/h5-6,11,15H,4,7-10,12H2,1-3H3/t15-/m0/s1. The summed E-state index contributed by atoms with van der Waals surface area (Å²) < 4.78 is 15.6. The summed E-state index contributed by atoms with van der Waals surface area (Å²) in [4.78, 5) is 42.3. The molecule has 3 amide bonds. The van der Waals surface area contributed by atoms with Crippen molar-refractivity contribution in [3.05, 3.63) is 18.2 Å². The lowest BCUT2D eigenvalue weighted by molar-refractivity contribution is -0.123. The topological polar surface area (TPSA) is 88.6 Å². The number of rotatable bonds is 5. The van der Waals surface area contributed by atoms with Crippen LogP contribution >= 0.6 is 0 Å². The first-order chi connectivity index (χ1) is 13.5. The molecule has 2 heterocycles. The van der Waals surface area contributed by atoms with E-state index in [0.717, 1.165) is 0 Å². The maximum atomic E-state index is 13.1. The van der Waals surface area contributed by atoms with Crippen LogP contribution < -0.4 is 14.4 Å². The van der Waals surface area contributed by atoms with Crippen LogP contribution in [-0.2, 0) is 14.3 Å². The van der Waals surface area contributed by atoms with E-state index in [0.29, 0.717) is 50.0 Å². The number of hydrogen-bond donors (Lipinski definition) is 0. The molecule has 9 nitrogen and oxygen atoms in total. The van der Waals surface area contributed by atoms with Crippen molar-refractivity contribution in [1.29, 1.82) is 0 Å². The Bertz CT molecular complexity index is 760. The van der Waals surface area contributed by atoms with Crippen LogP contribution in [0.5, 0.6) is 11.5 Å². The SMILES string of the molecule is CCOC(=O)N1CCN([C@H]2CC(=O)N(c3cc(OC)ccc3OC)C2=O)CC1. The summed E-state index contributed by atoms with van der Waals surface area (Å²) in [6.45, 7) is 4.01. The van der Waals surface area contributed by atoms with Crippen LogP contribution in [0, 0.1) is 0 Å². The molecule has 28 heavy (non-hydrogen) atoms. The highest BCUT2D eigenvalue weighted by Gasteiger charge is 2.44. The average molecular weight is 391 g/mol. The minimum Gasteiger partial charge on any atom is -0.497 e. The van der Waals surface area contributed by atoms with Crippen molar-refractivity contribution < 1.29 is 28.6 Å². The van der Waals surface area contributed by atoms with E-state index >= 15 is 0 Å². The van der Waals surface area contributed by atoms with E-state index in [9.17, 15) is 14.4 Å². The zero-order chi connectivity index (χ0) is 20.3. The molecule has 0 saturated carbocycles. The summed E-state index contributed by atoms with van der Waals surface area (Å²) in [6, 6.07) is 4.45. The molecule has 152 valence electrons. The van der Waals surface area contributed by atoms with Gasteiger partial charge < -0.3 is 19.1 Å². The molecular formula is C19H25N3O6. The highest BCUT2D eigenvalue weighted by atomic mass is 16.6. The summed E-state index contributed by atoms with van der Waals surface area (Å²) in [6.07, 6.45) is -0.253. The predicted molar refractivity (Wildman–Crippen MR) is 101 cm³/mol. The Morgan fingerprint density at radius 3 is 2.43 bits per heavy atom. The number of benzene rings is 1. The van der Waals surface area contributed by atoms with E-state index in [1.165, 1.54) is 19.1 Å². The molecule has 1 aromatic carbocycles.